The van der Waals surface area contributed by atoms with Crippen molar-refractivity contribution in [2.24, 2.45) is 0 Å². The fourth-order valence-electron chi connectivity index (χ4n) is 2.06. The molecule has 0 spiro atoms. The zero-order valence-corrected chi connectivity index (χ0v) is 14.5. The van der Waals surface area contributed by atoms with Gasteiger partial charge in [0.1, 0.15) is 5.69 Å². The van der Waals surface area contributed by atoms with Crippen LogP contribution in [0.4, 0.5) is 24.8 Å². The topological polar surface area (TPSA) is 66.9 Å². The summed E-state index contributed by atoms with van der Waals surface area (Å²) >= 11 is 5.65. The van der Waals surface area contributed by atoms with E-state index in [9.17, 15) is 18.0 Å². The number of anilines is 2. The molecule has 1 aromatic heterocycles. The first-order valence-corrected chi connectivity index (χ1v) is 7.74. The molecule has 9 heteroatoms. The molecule has 0 saturated heterocycles. The van der Waals surface area contributed by atoms with Gasteiger partial charge in [0.15, 0.2) is 0 Å². The summed E-state index contributed by atoms with van der Waals surface area (Å²) in [5.41, 5.74) is -0.698. The van der Waals surface area contributed by atoms with E-state index in [0.717, 1.165) is 6.07 Å². The van der Waals surface area contributed by atoms with Gasteiger partial charge in [-0.2, -0.15) is 13.2 Å². The fourth-order valence-corrected chi connectivity index (χ4v) is 2.23. The maximum Gasteiger partial charge on any atom is 0.418 e. The van der Waals surface area contributed by atoms with Crippen molar-refractivity contribution in [2.45, 2.75) is 33.0 Å². The number of aromatic nitrogens is 2. The van der Waals surface area contributed by atoms with Crippen LogP contribution in [0.25, 0.3) is 0 Å². The zero-order valence-electron chi connectivity index (χ0n) is 13.7. The summed E-state index contributed by atoms with van der Waals surface area (Å²) in [5.74, 6) is -0.544. The van der Waals surface area contributed by atoms with Crippen molar-refractivity contribution in [1.82, 2.24) is 15.3 Å². The predicted molar refractivity (Wildman–Crippen MR) is 89.1 cm³/mol. The van der Waals surface area contributed by atoms with Gasteiger partial charge in [0, 0.05) is 16.8 Å². The van der Waals surface area contributed by atoms with E-state index in [-0.39, 0.29) is 28.4 Å². The maximum absolute atomic E-state index is 13.2. The molecular weight excluding hydrogens is 357 g/mol. The van der Waals surface area contributed by atoms with Crippen LogP contribution in [-0.2, 0) is 6.18 Å². The van der Waals surface area contributed by atoms with E-state index in [0.29, 0.717) is 5.69 Å². The Balaban J connectivity index is 2.38. The van der Waals surface area contributed by atoms with Crippen LogP contribution in [0.3, 0.4) is 0 Å². The molecule has 0 fully saturated rings. The van der Waals surface area contributed by atoms with Crippen molar-refractivity contribution in [3.8, 4) is 0 Å². The normalized spacial score (nSPS) is 11.5. The lowest BCUT2D eigenvalue weighted by Gasteiger charge is -2.15. The third-order valence-corrected chi connectivity index (χ3v) is 3.28. The Morgan fingerprint density at radius 3 is 2.48 bits per heavy atom. The summed E-state index contributed by atoms with van der Waals surface area (Å²) in [4.78, 5) is 20.1. The summed E-state index contributed by atoms with van der Waals surface area (Å²) in [6.07, 6.45) is -4.60. The highest BCUT2D eigenvalue weighted by Gasteiger charge is 2.34. The van der Waals surface area contributed by atoms with Crippen LogP contribution in [0.1, 0.15) is 35.6 Å². The molecule has 1 aromatic carbocycles. The van der Waals surface area contributed by atoms with Crippen LogP contribution >= 0.6 is 11.6 Å². The van der Waals surface area contributed by atoms with E-state index in [1.807, 2.05) is 0 Å². The number of hydrogen-bond donors (Lipinski definition) is 2. The molecule has 2 rings (SSSR count). The smallest absolute Gasteiger partial charge is 0.349 e. The Hall–Kier alpha value is -2.35. The Morgan fingerprint density at radius 2 is 1.88 bits per heavy atom. The first kappa shape index (κ1) is 19.0. The number of aryl methyl sites for hydroxylation is 1. The summed E-state index contributed by atoms with van der Waals surface area (Å²) in [6.45, 7) is 5.19. The summed E-state index contributed by atoms with van der Waals surface area (Å²) in [7, 11) is 0. The number of rotatable bonds is 4. The number of benzene rings is 1. The van der Waals surface area contributed by atoms with Gasteiger partial charge in [-0.1, -0.05) is 11.6 Å². The van der Waals surface area contributed by atoms with Gasteiger partial charge in [0.2, 0.25) is 5.95 Å². The third-order valence-electron chi connectivity index (χ3n) is 3.04. The Kier molecular flexibility index (Phi) is 5.52. The molecule has 1 amide bonds. The van der Waals surface area contributed by atoms with Gasteiger partial charge in [-0.25, -0.2) is 9.97 Å². The van der Waals surface area contributed by atoms with Crippen molar-refractivity contribution in [3.05, 3.63) is 46.2 Å². The lowest BCUT2D eigenvalue weighted by atomic mass is 10.1. The van der Waals surface area contributed by atoms with Crippen molar-refractivity contribution in [3.63, 3.8) is 0 Å². The molecule has 0 aliphatic carbocycles. The van der Waals surface area contributed by atoms with Gasteiger partial charge in [0.25, 0.3) is 5.91 Å². The molecule has 0 bridgehead atoms. The van der Waals surface area contributed by atoms with Gasteiger partial charge in [0.05, 0.1) is 11.3 Å². The van der Waals surface area contributed by atoms with E-state index < -0.39 is 17.6 Å². The van der Waals surface area contributed by atoms with E-state index in [4.69, 9.17) is 11.6 Å². The summed E-state index contributed by atoms with van der Waals surface area (Å²) in [5, 5.41) is 5.14. The molecule has 0 unspecified atom stereocenters. The van der Waals surface area contributed by atoms with E-state index in [1.165, 1.54) is 18.2 Å². The third kappa shape index (κ3) is 5.06. The number of amides is 1. The average molecular weight is 373 g/mol. The molecule has 0 atom stereocenters. The molecule has 5 nitrogen and oxygen atoms in total. The van der Waals surface area contributed by atoms with Gasteiger partial charge < -0.3 is 10.6 Å². The fraction of sp³-hybridized carbons (Fsp3) is 0.312. The molecule has 134 valence electrons. The lowest BCUT2D eigenvalue weighted by molar-refractivity contribution is -0.136. The Morgan fingerprint density at radius 1 is 1.20 bits per heavy atom. The average Bonchev–Trinajstić information content (AvgIpc) is 2.46. The second-order valence-electron chi connectivity index (χ2n) is 5.66. The zero-order chi connectivity index (χ0) is 18.8. The highest BCUT2D eigenvalue weighted by Crippen LogP contribution is 2.37. The number of carbonyl (C=O) groups excluding carboxylic acids is 1. The number of hydrogen-bond acceptors (Lipinski definition) is 4. The molecule has 0 aliphatic rings. The molecule has 2 aromatic rings. The minimum absolute atomic E-state index is 0.0416. The quantitative estimate of drug-likeness (QED) is 0.837. The molecular formula is C16H16ClF3N4O. The molecule has 0 radical (unpaired) electrons. The minimum Gasteiger partial charge on any atom is -0.349 e. The van der Waals surface area contributed by atoms with Crippen molar-refractivity contribution < 1.29 is 18.0 Å². The number of alkyl halides is 3. The number of halogens is 4. The van der Waals surface area contributed by atoms with Gasteiger partial charge >= 0.3 is 6.18 Å². The van der Waals surface area contributed by atoms with Crippen molar-refractivity contribution in [2.75, 3.05) is 5.32 Å². The summed E-state index contributed by atoms with van der Waals surface area (Å²) < 4.78 is 39.5. The van der Waals surface area contributed by atoms with E-state index in [1.54, 1.807) is 20.8 Å². The van der Waals surface area contributed by atoms with Crippen LogP contribution in [0.15, 0.2) is 24.3 Å². The highest BCUT2D eigenvalue weighted by molar-refractivity contribution is 6.30. The number of nitrogens with one attached hydrogen (secondary N) is 2. The van der Waals surface area contributed by atoms with Crippen LogP contribution in [-0.4, -0.2) is 21.9 Å². The van der Waals surface area contributed by atoms with Crippen molar-refractivity contribution in [1.29, 1.82) is 0 Å². The van der Waals surface area contributed by atoms with Gasteiger partial charge in [-0.15, -0.1) is 0 Å². The molecule has 0 saturated carbocycles. The Labute approximate surface area is 147 Å². The predicted octanol–water partition coefficient (Wildman–Crippen LogP) is 4.34. The number of carbonyl (C=O) groups is 1. The van der Waals surface area contributed by atoms with Crippen molar-refractivity contribution >= 4 is 29.1 Å². The summed E-state index contributed by atoms with van der Waals surface area (Å²) in [6, 6.07) is 4.67. The maximum atomic E-state index is 13.2. The molecule has 2 N–H and O–H groups in total. The van der Waals surface area contributed by atoms with Gasteiger partial charge in [-0.05, 0) is 45.0 Å². The molecule has 25 heavy (non-hydrogen) atoms. The van der Waals surface area contributed by atoms with Crippen LogP contribution < -0.4 is 10.6 Å². The largest absolute Gasteiger partial charge is 0.418 e. The molecule has 0 aliphatic heterocycles. The minimum atomic E-state index is -4.60. The van der Waals surface area contributed by atoms with Gasteiger partial charge in [-0.3, -0.25) is 4.79 Å². The first-order chi connectivity index (χ1) is 11.6. The van der Waals surface area contributed by atoms with Crippen LogP contribution in [0.5, 0.6) is 0 Å². The number of nitrogens with zero attached hydrogens (tertiary/aromatic N) is 2. The highest BCUT2D eigenvalue weighted by atomic mass is 35.5. The van der Waals surface area contributed by atoms with Crippen LogP contribution in [0.2, 0.25) is 5.02 Å². The molecule has 1 heterocycles. The van der Waals surface area contributed by atoms with E-state index in [2.05, 4.69) is 20.6 Å². The Bertz CT molecular complexity index is 793. The SMILES string of the molecule is Cc1cc(C(=O)NC(C)C)nc(Nc2ccc(Cl)cc2C(F)(F)F)n1. The monoisotopic (exact) mass is 372 g/mol. The van der Waals surface area contributed by atoms with Crippen LogP contribution in [0, 0.1) is 6.92 Å². The van der Waals surface area contributed by atoms with E-state index >= 15 is 0 Å². The second kappa shape index (κ2) is 7.26. The lowest BCUT2D eigenvalue weighted by Crippen LogP contribution is -2.31. The first-order valence-electron chi connectivity index (χ1n) is 7.36. The second-order valence-corrected chi connectivity index (χ2v) is 6.10. The standard InChI is InChI=1S/C16H16ClF3N4O/c1-8(2)21-14(25)13-6-9(3)22-15(24-13)23-12-5-4-10(17)7-11(12)16(18,19)20/h4-8H,1-3H3,(H,21,25)(H,22,23,24).